The van der Waals surface area contributed by atoms with Crippen LogP contribution in [0.4, 0.5) is 4.79 Å². The first-order valence-electron chi connectivity index (χ1n) is 10.3. The molecule has 2 bridgehead atoms. The van der Waals surface area contributed by atoms with E-state index in [-0.39, 0.29) is 6.09 Å². The Labute approximate surface area is 178 Å². The predicted octanol–water partition coefficient (Wildman–Crippen LogP) is 6.11. The second-order valence-corrected chi connectivity index (χ2v) is 10.4. The van der Waals surface area contributed by atoms with Gasteiger partial charge in [0.2, 0.25) is 0 Å². The molecule has 2 aromatic carbocycles. The number of hydrogen-bond acceptors (Lipinski definition) is 3. The van der Waals surface area contributed by atoms with Crippen LogP contribution in [0, 0.1) is 5.92 Å². The second-order valence-electron chi connectivity index (χ2n) is 9.48. The number of benzene rings is 2. The Morgan fingerprint density at radius 1 is 1.24 bits per heavy atom. The molecule has 152 valence electrons. The van der Waals surface area contributed by atoms with Crippen LogP contribution in [0.3, 0.4) is 0 Å². The number of nitrogens with zero attached hydrogens (tertiary/aromatic N) is 2. The van der Waals surface area contributed by atoms with Gasteiger partial charge in [-0.05, 0) is 76.0 Å². The van der Waals surface area contributed by atoms with Crippen LogP contribution in [0.25, 0.3) is 21.8 Å². The van der Waals surface area contributed by atoms with E-state index in [0.29, 0.717) is 5.92 Å². The van der Waals surface area contributed by atoms with E-state index in [0.717, 1.165) is 64.3 Å². The van der Waals surface area contributed by atoms with E-state index in [1.807, 2.05) is 31.7 Å². The van der Waals surface area contributed by atoms with Crippen molar-refractivity contribution in [1.82, 2.24) is 14.9 Å². The summed E-state index contributed by atoms with van der Waals surface area (Å²) in [6, 6.07) is 10.5. The highest BCUT2D eigenvalue weighted by atomic mass is 79.9. The van der Waals surface area contributed by atoms with Crippen molar-refractivity contribution in [3.05, 3.63) is 40.6 Å². The molecule has 3 aliphatic rings. The number of fused-ring (bicyclic) bond motifs is 6. The lowest BCUT2D eigenvalue weighted by molar-refractivity contribution is -0.0596. The fraction of sp³-hybridized carbons (Fsp3) is 0.478. The summed E-state index contributed by atoms with van der Waals surface area (Å²) in [5.41, 5.74) is 1.07. The molecule has 1 N–H and O–H groups in total. The topological polar surface area (TPSA) is 58.2 Å². The van der Waals surface area contributed by atoms with Crippen molar-refractivity contribution >= 4 is 43.8 Å². The molecule has 29 heavy (non-hydrogen) atoms. The SMILES string of the molecule is CC(C)(C)OC(=O)N1CC2CCC1(c1nc3c(ccc4cc(Br)ccc43)[nH]1)CC2. The Balaban J connectivity index is 1.62. The van der Waals surface area contributed by atoms with Gasteiger partial charge < -0.3 is 9.72 Å². The molecule has 2 aliphatic heterocycles. The van der Waals surface area contributed by atoms with Gasteiger partial charge in [0, 0.05) is 16.4 Å². The van der Waals surface area contributed by atoms with Gasteiger partial charge in [-0.2, -0.15) is 0 Å². The van der Waals surface area contributed by atoms with Crippen molar-refractivity contribution in [3.63, 3.8) is 0 Å². The summed E-state index contributed by atoms with van der Waals surface area (Å²) >= 11 is 3.55. The molecule has 3 fully saturated rings. The van der Waals surface area contributed by atoms with Crippen LogP contribution in [0.1, 0.15) is 52.3 Å². The van der Waals surface area contributed by atoms with Crippen molar-refractivity contribution in [1.29, 1.82) is 0 Å². The molecule has 6 rings (SSSR count). The molecule has 2 saturated heterocycles. The molecular weight excluding hydrogens is 430 g/mol. The Morgan fingerprint density at radius 3 is 2.72 bits per heavy atom. The zero-order chi connectivity index (χ0) is 20.4. The Bertz CT molecular complexity index is 1110. The third-order valence-corrected chi connectivity index (χ3v) is 6.87. The molecular formula is C23H26BrN3O2. The van der Waals surface area contributed by atoms with E-state index in [4.69, 9.17) is 9.72 Å². The summed E-state index contributed by atoms with van der Waals surface area (Å²) in [4.78, 5) is 23.7. The monoisotopic (exact) mass is 455 g/mol. The summed E-state index contributed by atoms with van der Waals surface area (Å²) in [6.07, 6.45) is 3.89. The van der Waals surface area contributed by atoms with Crippen LogP contribution in [-0.2, 0) is 10.3 Å². The quantitative estimate of drug-likeness (QED) is 0.480. The lowest BCUT2D eigenvalue weighted by Gasteiger charge is -2.53. The van der Waals surface area contributed by atoms with Gasteiger partial charge in [-0.3, -0.25) is 4.90 Å². The van der Waals surface area contributed by atoms with Crippen LogP contribution in [0.2, 0.25) is 0 Å². The van der Waals surface area contributed by atoms with Crippen molar-refractivity contribution in [2.45, 2.75) is 57.6 Å². The average Bonchev–Trinajstić information content (AvgIpc) is 3.12. The zero-order valence-electron chi connectivity index (χ0n) is 17.1. The maximum absolute atomic E-state index is 13.1. The van der Waals surface area contributed by atoms with E-state index < -0.39 is 11.1 Å². The van der Waals surface area contributed by atoms with Crippen LogP contribution in [0.15, 0.2) is 34.8 Å². The standard InChI is InChI=1S/C23H26BrN3O2/c1-22(2,3)29-21(28)27-13-14-8-10-23(27,11-9-14)20-25-18-7-4-15-12-16(24)5-6-17(15)19(18)26-20/h4-7,12,14H,8-11,13H2,1-3H3,(H,25,26). The van der Waals surface area contributed by atoms with Gasteiger partial charge in [0.25, 0.3) is 0 Å². The van der Waals surface area contributed by atoms with Gasteiger partial charge in [0.15, 0.2) is 0 Å². The fourth-order valence-corrected chi connectivity index (χ4v) is 5.34. The van der Waals surface area contributed by atoms with Gasteiger partial charge in [-0.1, -0.05) is 28.1 Å². The average molecular weight is 456 g/mol. The maximum atomic E-state index is 13.1. The number of carbonyl (C=O) groups excluding carboxylic acids is 1. The molecule has 1 amide bonds. The molecule has 5 nitrogen and oxygen atoms in total. The lowest BCUT2D eigenvalue weighted by Crippen LogP contribution is -2.59. The molecule has 1 saturated carbocycles. The van der Waals surface area contributed by atoms with Gasteiger partial charge in [0.1, 0.15) is 17.0 Å². The molecule has 1 aromatic heterocycles. The number of aromatic nitrogens is 2. The molecule has 0 unspecified atom stereocenters. The Kier molecular flexibility index (Phi) is 4.21. The van der Waals surface area contributed by atoms with Crippen LogP contribution in [0.5, 0.6) is 0 Å². The highest BCUT2D eigenvalue weighted by molar-refractivity contribution is 9.10. The smallest absolute Gasteiger partial charge is 0.411 e. The Morgan fingerprint density at radius 2 is 2.00 bits per heavy atom. The number of piperidine rings is 2. The first kappa shape index (κ1) is 18.9. The molecule has 3 aromatic rings. The molecule has 0 radical (unpaired) electrons. The summed E-state index contributed by atoms with van der Waals surface area (Å²) in [7, 11) is 0. The summed E-state index contributed by atoms with van der Waals surface area (Å²) in [5, 5.41) is 2.27. The van der Waals surface area contributed by atoms with Crippen molar-refractivity contribution in [2.24, 2.45) is 5.92 Å². The van der Waals surface area contributed by atoms with Gasteiger partial charge >= 0.3 is 6.09 Å². The predicted molar refractivity (Wildman–Crippen MR) is 118 cm³/mol. The number of halogens is 1. The Hall–Kier alpha value is -2.08. The number of hydrogen-bond donors (Lipinski definition) is 1. The molecule has 3 heterocycles. The largest absolute Gasteiger partial charge is 0.444 e. The molecule has 6 heteroatoms. The van der Waals surface area contributed by atoms with E-state index in [2.05, 4.69) is 45.2 Å². The van der Waals surface area contributed by atoms with E-state index in [9.17, 15) is 4.79 Å². The molecule has 0 atom stereocenters. The number of carbonyl (C=O) groups is 1. The zero-order valence-corrected chi connectivity index (χ0v) is 18.7. The fourth-order valence-electron chi connectivity index (χ4n) is 4.96. The first-order chi connectivity index (χ1) is 13.7. The minimum absolute atomic E-state index is 0.226. The maximum Gasteiger partial charge on any atom is 0.411 e. The second kappa shape index (κ2) is 6.46. The minimum Gasteiger partial charge on any atom is -0.444 e. The van der Waals surface area contributed by atoms with E-state index in [1.54, 1.807) is 0 Å². The summed E-state index contributed by atoms with van der Waals surface area (Å²) < 4.78 is 6.83. The minimum atomic E-state index is -0.508. The number of aromatic amines is 1. The number of amides is 1. The van der Waals surface area contributed by atoms with Crippen LogP contribution >= 0.6 is 15.9 Å². The third kappa shape index (κ3) is 3.12. The number of nitrogens with one attached hydrogen (secondary N) is 1. The number of ether oxygens (including phenoxy) is 1. The van der Waals surface area contributed by atoms with Crippen molar-refractivity contribution in [2.75, 3.05) is 6.54 Å². The van der Waals surface area contributed by atoms with E-state index >= 15 is 0 Å². The third-order valence-electron chi connectivity index (χ3n) is 6.37. The summed E-state index contributed by atoms with van der Waals surface area (Å²) in [6.45, 7) is 6.52. The van der Waals surface area contributed by atoms with Gasteiger partial charge in [-0.15, -0.1) is 0 Å². The summed E-state index contributed by atoms with van der Waals surface area (Å²) in [5.74, 6) is 1.46. The normalized spacial score (nSPS) is 24.4. The first-order valence-corrected chi connectivity index (χ1v) is 11.1. The highest BCUT2D eigenvalue weighted by Gasteiger charge is 2.52. The van der Waals surface area contributed by atoms with E-state index in [1.165, 1.54) is 0 Å². The van der Waals surface area contributed by atoms with Crippen molar-refractivity contribution in [3.8, 4) is 0 Å². The highest BCUT2D eigenvalue weighted by Crippen LogP contribution is 2.49. The number of H-pyrrole nitrogens is 1. The lowest BCUT2D eigenvalue weighted by atomic mass is 9.70. The van der Waals surface area contributed by atoms with Crippen molar-refractivity contribution < 1.29 is 9.53 Å². The number of imidazole rings is 1. The molecule has 0 spiro atoms. The van der Waals surface area contributed by atoms with Crippen LogP contribution in [-0.4, -0.2) is 33.1 Å². The van der Waals surface area contributed by atoms with Gasteiger partial charge in [-0.25, -0.2) is 9.78 Å². The molecule has 1 aliphatic carbocycles. The number of rotatable bonds is 1. The van der Waals surface area contributed by atoms with Crippen LogP contribution < -0.4 is 0 Å². The van der Waals surface area contributed by atoms with Gasteiger partial charge in [0.05, 0.1) is 11.0 Å².